The minimum atomic E-state index is -4.51. The molecule has 0 unspecified atom stereocenters. The Morgan fingerprint density at radius 1 is 1.13 bits per heavy atom. The van der Waals surface area contributed by atoms with Crippen LogP contribution in [0, 0.1) is 0 Å². The van der Waals surface area contributed by atoms with Gasteiger partial charge in [0.1, 0.15) is 5.75 Å². The highest BCUT2D eigenvalue weighted by molar-refractivity contribution is 9.10. The van der Waals surface area contributed by atoms with E-state index in [1.54, 1.807) is 18.2 Å². The van der Waals surface area contributed by atoms with Gasteiger partial charge >= 0.3 is 6.30 Å². The lowest BCUT2D eigenvalue weighted by atomic mass is 10.2. The van der Waals surface area contributed by atoms with Crippen molar-refractivity contribution in [1.29, 1.82) is 0 Å². The summed E-state index contributed by atoms with van der Waals surface area (Å²) in [5, 5.41) is 2.62. The van der Waals surface area contributed by atoms with Gasteiger partial charge in [-0.15, -0.1) is 0 Å². The van der Waals surface area contributed by atoms with Crippen molar-refractivity contribution in [1.82, 2.24) is 0 Å². The number of amides is 1. The SMILES string of the molecule is CN(c1ccc2c(c1)Oc1cc(Br)ccc1C(=O)N2)C(F)(F)F. The van der Waals surface area contributed by atoms with Gasteiger partial charge in [0.05, 0.1) is 11.3 Å². The molecule has 0 saturated carbocycles. The maximum atomic E-state index is 12.8. The predicted molar refractivity (Wildman–Crippen MR) is 83.1 cm³/mol. The summed E-state index contributed by atoms with van der Waals surface area (Å²) in [4.78, 5) is 12.3. The van der Waals surface area contributed by atoms with E-state index in [0.717, 1.165) is 7.05 Å². The van der Waals surface area contributed by atoms with Crippen molar-refractivity contribution in [2.45, 2.75) is 6.30 Å². The van der Waals surface area contributed by atoms with E-state index < -0.39 is 6.30 Å². The van der Waals surface area contributed by atoms with E-state index in [0.29, 0.717) is 15.7 Å². The topological polar surface area (TPSA) is 41.6 Å². The Balaban J connectivity index is 2.06. The third-order valence-corrected chi connectivity index (χ3v) is 3.88. The van der Waals surface area contributed by atoms with E-state index in [2.05, 4.69) is 21.2 Å². The van der Waals surface area contributed by atoms with Crippen molar-refractivity contribution in [3.8, 4) is 11.5 Å². The van der Waals surface area contributed by atoms with Gasteiger partial charge in [0.25, 0.3) is 5.91 Å². The van der Waals surface area contributed by atoms with Crippen LogP contribution in [0.2, 0.25) is 0 Å². The summed E-state index contributed by atoms with van der Waals surface area (Å²) in [5.41, 5.74) is 0.515. The van der Waals surface area contributed by atoms with Crippen LogP contribution in [-0.4, -0.2) is 19.3 Å². The van der Waals surface area contributed by atoms with Gasteiger partial charge in [0.2, 0.25) is 0 Å². The molecular formula is C15H10BrF3N2O2. The molecule has 4 nitrogen and oxygen atoms in total. The summed E-state index contributed by atoms with van der Waals surface area (Å²) in [6, 6.07) is 8.72. The van der Waals surface area contributed by atoms with Gasteiger partial charge < -0.3 is 10.1 Å². The number of carbonyl (C=O) groups excluding carboxylic acids is 1. The zero-order valence-electron chi connectivity index (χ0n) is 11.7. The third-order valence-electron chi connectivity index (χ3n) is 3.39. The van der Waals surface area contributed by atoms with Gasteiger partial charge in [-0.2, -0.15) is 13.2 Å². The summed E-state index contributed by atoms with van der Waals surface area (Å²) in [6.07, 6.45) is -4.51. The van der Waals surface area contributed by atoms with Crippen molar-refractivity contribution in [2.75, 3.05) is 17.3 Å². The van der Waals surface area contributed by atoms with Crippen LogP contribution in [0.5, 0.6) is 11.5 Å². The molecule has 0 aliphatic carbocycles. The molecule has 1 heterocycles. The summed E-state index contributed by atoms with van der Waals surface area (Å²) < 4.78 is 44.8. The molecule has 0 atom stereocenters. The van der Waals surface area contributed by atoms with E-state index in [1.807, 2.05) is 0 Å². The highest BCUT2D eigenvalue weighted by Crippen LogP contribution is 2.40. The number of anilines is 2. The Labute approximate surface area is 138 Å². The van der Waals surface area contributed by atoms with E-state index in [1.165, 1.54) is 18.2 Å². The fourth-order valence-electron chi connectivity index (χ4n) is 2.13. The first kappa shape index (κ1) is 15.7. The maximum Gasteiger partial charge on any atom is 0.484 e. The van der Waals surface area contributed by atoms with Crippen LogP contribution in [0.1, 0.15) is 10.4 Å². The van der Waals surface area contributed by atoms with Gasteiger partial charge in [0.15, 0.2) is 5.75 Å². The molecule has 0 radical (unpaired) electrons. The number of hydrogen-bond acceptors (Lipinski definition) is 3. The molecule has 0 aromatic heterocycles. The monoisotopic (exact) mass is 386 g/mol. The van der Waals surface area contributed by atoms with Crippen LogP contribution in [0.3, 0.4) is 0 Å². The second kappa shape index (κ2) is 5.45. The van der Waals surface area contributed by atoms with Crippen molar-refractivity contribution in [2.24, 2.45) is 0 Å². The number of benzene rings is 2. The lowest BCUT2D eigenvalue weighted by Gasteiger charge is -2.23. The second-order valence-electron chi connectivity index (χ2n) is 4.90. The van der Waals surface area contributed by atoms with Crippen molar-refractivity contribution in [3.05, 3.63) is 46.4 Å². The number of ether oxygens (including phenoxy) is 1. The average Bonchev–Trinajstić information content (AvgIpc) is 2.60. The van der Waals surface area contributed by atoms with Gasteiger partial charge in [-0.25, -0.2) is 0 Å². The lowest BCUT2D eigenvalue weighted by Crippen LogP contribution is -2.33. The van der Waals surface area contributed by atoms with Crippen molar-refractivity contribution < 1.29 is 22.7 Å². The highest BCUT2D eigenvalue weighted by atomic mass is 79.9. The van der Waals surface area contributed by atoms with Crippen LogP contribution in [0.15, 0.2) is 40.9 Å². The number of carbonyl (C=O) groups is 1. The van der Waals surface area contributed by atoms with Crippen LogP contribution in [0.25, 0.3) is 0 Å². The number of alkyl halides is 3. The second-order valence-corrected chi connectivity index (χ2v) is 5.82. The molecule has 23 heavy (non-hydrogen) atoms. The standard InChI is InChI=1S/C15H10BrF3N2O2/c1-21(15(17,18)19)9-3-5-11-13(7-9)23-12-6-8(16)2-4-10(12)14(22)20-11/h2-7H,1H3,(H,20,22). The first-order valence-electron chi connectivity index (χ1n) is 6.49. The number of fused-ring (bicyclic) bond motifs is 2. The third kappa shape index (κ3) is 2.98. The Kier molecular flexibility index (Phi) is 3.71. The van der Waals surface area contributed by atoms with Gasteiger partial charge in [-0.1, -0.05) is 15.9 Å². The van der Waals surface area contributed by atoms with E-state index in [-0.39, 0.29) is 28.0 Å². The molecular weight excluding hydrogens is 377 g/mol. The Bertz CT molecular complexity index is 793. The van der Waals surface area contributed by atoms with Gasteiger partial charge in [-0.05, 0) is 30.3 Å². The molecule has 8 heteroatoms. The molecule has 1 aliphatic rings. The molecule has 0 fully saturated rings. The van der Waals surface area contributed by atoms with Gasteiger partial charge in [0, 0.05) is 23.3 Å². The number of halogens is 4. The molecule has 0 saturated heterocycles. The molecule has 1 aliphatic heterocycles. The van der Waals surface area contributed by atoms with Crippen molar-refractivity contribution in [3.63, 3.8) is 0 Å². The largest absolute Gasteiger partial charge is 0.484 e. The van der Waals surface area contributed by atoms with E-state index >= 15 is 0 Å². The number of rotatable bonds is 1. The number of hydrogen-bond donors (Lipinski definition) is 1. The van der Waals surface area contributed by atoms with Crippen molar-refractivity contribution >= 4 is 33.2 Å². The molecule has 1 N–H and O–H groups in total. The zero-order chi connectivity index (χ0) is 16.8. The van der Waals surface area contributed by atoms with Crippen LogP contribution < -0.4 is 15.0 Å². The van der Waals surface area contributed by atoms with Crippen LogP contribution >= 0.6 is 15.9 Å². The number of nitrogens with one attached hydrogen (secondary N) is 1. The van der Waals surface area contributed by atoms with Gasteiger partial charge in [-0.3, -0.25) is 9.69 Å². The Hall–Kier alpha value is -2.22. The molecule has 3 rings (SSSR count). The molecule has 1 amide bonds. The predicted octanol–water partition coefficient (Wildman–Crippen LogP) is 4.76. The summed E-state index contributed by atoms with van der Waals surface area (Å²) in [6.45, 7) is 0. The minimum absolute atomic E-state index is 0.0936. The Morgan fingerprint density at radius 2 is 1.87 bits per heavy atom. The molecule has 120 valence electrons. The zero-order valence-corrected chi connectivity index (χ0v) is 13.3. The minimum Gasteiger partial charge on any atom is -0.454 e. The van der Waals surface area contributed by atoms with E-state index in [4.69, 9.17) is 4.74 Å². The fourth-order valence-corrected chi connectivity index (χ4v) is 2.47. The van der Waals surface area contributed by atoms with E-state index in [9.17, 15) is 18.0 Å². The van der Waals surface area contributed by atoms with Crippen LogP contribution in [0.4, 0.5) is 24.5 Å². The summed E-state index contributed by atoms with van der Waals surface area (Å²) in [7, 11) is 0.918. The molecule has 0 bridgehead atoms. The molecule has 2 aromatic carbocycles. The fraction of sp³-hybridized carbons (Fsp3) is 0.133. The summed E-state index contributed by atoms with van der Waals surface area (Å²) >= 11 is 3.27. The molecule has 2 aromatic rings. The lowest BCUT2D eigenvalue weighted by molar-refractivity contribution is -0.125. The van der Waals surface area contributed by atoms with Crippen LogP contribution in [-0.2, 0) is 0 Å². The quantitative estimate of drug-likeness (QED) is 0.718. The normalized spacial score (nSPS) is 13.3. The smallest absolute Gasteiger partial charge is 0.454 e. The number of nitrogens with zero attached hydrogens (tertiary/aromatic N) is 1. The maximum absolute atomic E-state index is 12.8. The summed E-state index contributed by atoms with van der Waals surface area (Å²) in [5.74, 6) is 0.0226. The Morgan fingerprint density at radius 3 is 2.57 bits per heavy atom. The molecule has 0 spiro atoms. The average molecular weight is 387 g/mol. The first-order chi connectivity index (χ1) is 10.8. The highest BCUT2D eigenvalue weighted by Gasteiger charge is 2.35. The first-order valence-corrected chi connectivity index (χ1v) is 7.28.